The lowest BCUT2D eigenvalue weighted by Gasteiger charge is -2.11. The van der Waals surface area contributed by atoms with Crippen LogP contribution < -0.4 is 10.5 Å². The van der Waals surface area contributed by atoms with Crippen LogP contribution in [0.25, 0.3) is 0 Å². The molecule has 100 valence electrons. The predicted octanol–water partition coefficient (Wildman–Crippen LogP) is 4.28. The Kier molecular flexibility index (Phi) is 4.80. The lowest BCUT2D eigenvalue weighted by Crippen LogP contribution is -2.03. The molecule has 0 heterocycles. The van der Waals surface area contributed by atoms with Gasteiger partial charge in [0, 0.05) is 22.1 Å². The average Bonchev–Trinajstić information content (AvgIpc) is 2.39. The molecule has 0 aromatic heterocycles. The molecule has 0 aliphatic carbocycles. The van der Waals surface area contributed by atoms with Crippen LogP contribution in [0.1, 0.15) is 11.1 Å². The second-order valence-electron chi connectivity index (χ2n) is 3.98. The van der Waals surface area contributed by atoms with Gasteiger partial charge in [0.1, 0.15) is 18.2 Å². The number of benzene rings is 2. The largest absolute Gasteiger partial charge is 0.489 e. The topological polar surface area (TPSA) is 35.2 Å². The van der Waals surface area contributed by atoms with E-state index in [1.807, 2.05) is 18.2 Å². The van der Waals surface area contributed by atoms with Crippen LogP contribution in [-0.4, -0.2) is 0 Å². The normalized spacial score (nSPS) is 10.5. The molecular weight excluding hydrogens is 333 g/mol. The van der Waals surface area contributed by atoms with Gasteiger partial charge in [-0.25, -0.2) is 4.39 Å². The molecular formula is C14H12BrClFNO. The first-order valence-corrected chi connectivity index (χ1v) is 6.82. The molecule has 0 atom stereocenters. The number of halogens is 3. The molecule has 19 heavy (non-hydrogen) atoms. The van der Waals surface area contributed by atoms with Crippen molar-refractivity contribution in [1.82, 2.24) is 0 Å². The van der Waals surface area contributed by atoms with Crippen LogP contribution in [-0.2, 0) is 13.2 Å². The minimum absolute atomic E-state index is 0.272. The van der Waals surface area contributed by atoms with Gasteiger partial charge in [0.15, 0.2) is 0 Å². The third-order valence-electron chi connectivity index (χ3n) is 2.64. The maximum Gasteiger partial charge on any atom is 0.124 e. The molecule has 0 fully saturated rings. The van der Waals surface area contributed by atoms with Gasteiger partial charge >= 0.3 is 0 Å². The first-order chi connectivity index (χ1) is 9.10. The highest BCUT2D eigenvalue weighted by molar-refractivity contribution is 9.10. The molecule has 0 aliphatic heterocycles. The van der Waals surface area contributed by atoms with E-state index in [1.165, 1.54) is 12.1 Å². The van der Waals surface area contributed by atoms with Crippen molar-refractivity contribution in [2.75, 3.05) is 0 Å². The minimum atomic E-state index is -0.361. The molecule has 0 amide bonds. The number of rotatable bonds is 4. The van der Waals surface area contributed by atoms with Crippen LogP contribution >= 0.6 is 27.5 Å². The van der Waals surface area contributed by atoms with E-state index in [-0.39, 0.29) is 12.4 Å². The Morgan fingerprint density at radius 1 is 1.16 bits per heavy atom. The third kappa shape index (κ3) is 3.69. The van der Waals surface area contributed by atoms with Gasteiger partial charge in [-0.1, -0.05) is 33.6 Å². The van der Waals surface area contributed by atoms with E-state index in [0.29, 0.717) is 17.3 Å². The van der Waals surface area contributed by atoms with Gasteiger partial charge in [0.05, 0.1) is 5.02 Å². The number of nitrogens with two attached hydrogens (primary N) is 1. The van der Waals surface area contributed by atoms with Crippen LogP contribution in [0, 0.1) is 5.82 Å². The monoisotopic (exact) mass is 343 g/mol. The number of hydrogen-bond donors (Lipinski definition) is 1. The van der Waals surface area contributed by atoms with Crippen molar-refractivity contribution in [2.24, 2.45) is 5.73 Å². The fourth-order valence-electron chi connectivity index (χ4n) is 1.64. The number of ether oxygens (including phenoxy) is 1. The van der Waals surface area contributed by atoms with E-state index < -0.39 is 0 Å². The maximum atomic E-state index is 12.9. The van der Waals surface area contributed by atoms with Gasteiger partial charge in [-0.15, -0.1) is 0 Å². The molecule has 2 aromatic rings. The molecule has 2 N–H and O–H groups in total. The van der Waals surface area contributed by atoms with Crippen molar-refractivity contribution >= 4 is 27.5 Å². The van der Waals surface area contributed by atoms with Crippen molar-refractivity contribution < 1.29 is 9.13 Å². The lowest BCUT2D eigenvalue weighted by atomic mass is 10.2. The average molecular weight is 345 g/mol. The zero-order chi connectivity index (χ0) is 13.8. The van der Waals surface area contributed by atoms with E-state index in [2.05, 4.69) is 15.9 Å². The van der Waals surface area contributed by atoms with Crippen LogP contribution in [0.2, 0.25) is 5.02 Å². The summed E-state index contributed by atoms with van der Waals surface area (Å²) in [5.74, 6) is 0.339. The predicted molar refractivity (Wildman–Crippen MR) is 77.8 cm³/mol. The molecule has 0 bridgehead atoms. The van der Waals surface area contributed by atoms with Crippen LogP contribution in [0.4, 0.5) is 4.39 Å². The van der Waals surface area contributed by atoms with Crippen LogP contribution in [0.3, 0.4) is 0 Å². The smallest absolute Gasteiger partial charge is 0.124 e. The Labute approximate surface area is 124 Å². The SMILES string of the molecule is NCc1cc(Br)ccc1OCc1ccc(F)cc1Cl. The van der Waals surface area contributed by atoms with Gasteiger partial charge in [0.2, 0.25) is 0 Å². The summed E-state index contributed by atoms with van der Waals surface area (Å²) in [7, 11) is 0. The molecule has 0 unspecified atom stereocenters. The van der Waals surface area contributed by atoms with Crippen molar-refractivity contribution in [3.05, 3.63) is 62.8 Å². The Balaban J connectivity index is 2.14. The van der Waals surface area contributed by atoms with E-state index in [1.54, 1.807) is 6.07 Å². The summed E-state index contributed by atoms with van der Waals surface area (Å²) in [4.78, 5) is 0. The zero-order valence-electron chi connectivity index (χ0n) is 10.00. The highest BCUT2D eigenvalue weighted by Gasteiger charge is 2.06. The number of hydrogen-bond acceptors (Lipinski definition) is 2. The first kappa shape index (κ1) is 14.3. The maximum absolute atomic E-state index is 12.9. The molecule has 0 saturated carbocycles. The highest BCUT2D eigenvalue weighted by Crippen LogP contribution is 2.25. The summed E-state index contributed by atoms with van der Waals surface area (Å²) in [5, 5.41) is 0.353. The van der Waals surface area contributed by atoms with Crippen molar-refractivity contribution in [2.45, 2.75) is 13.2 Å². The fourth-order valence-corrected chi connectivity index (χ4v) is 2.27. The zero-order valence-corrected chi connectivity index (χ0v) is 12.3. The summed E-state index contributed by atoms with van der Waals surface area (Å²) in [5.41, 5.74) is 7.29. The molecule has 0 saturated heterocycles. The summed E-state index contributed by atoms with van der Waals surface area (Å²) in [6.45, 7) is 0.652. The Bertz CT molecular complexity index is 592. The standard InChI is InChI=1S/C14H12BrClFNO/c15-11-2-4-14(10(5-11)7-18)19-8-9-1-3-12(17)6-13(9)16/h1-6H,7-8,18H2. The fraction of sp³-hybridized carbons (Fsp3) is 0.143. The van der Waals surface area contributed by atoms with E-state index >= 15 is 0 Å². The molecule has 0 radical (unpaired) electrons. The van der Waals surface area contributed by atoms with E-state index in [9.17, 15) is 4.39 Å². The molecule has 2 aromatic carbocycles. The third-order valence-corrected chi connectivity index (χ3v) is 3.49. The van der Waals surface area contributed by atoms with E-state index in [0.717, 1.165) is 15.6 Å². The minimum Gasteiger partial charge on any atom is -0.489 e. The van der Waals surface area contributed by atoms with Gasteiger partial charge < -0.3 is 10.5 Å². The van der Waals surface area contributed by atoms with Crippen LogP contribution in [0.5, 0.6) is 5.75 Å². The Morgan fingerprint density at radius 3 is 2.63 bits per heavy atom. The van der Waals surface area contributed by atoms with Gasteiger partial charge in [-0.05, 0) is 30.3 Å². The van der Waals surface area contributed by atoms with Gasteiger partial charge in [0.25, 0.3) is 0 Å². The highest BCUT2D eigenvalue weighted by atomic mass is 79.9. The second kappa shape index (κ2) is 6.37. The molecule has 2 rings (SSSR count). The van der Waals surface area contributed by atoms with Gasteiger partial charge in [-0.3, -0.25) is 0 Å². The quantitative estimate of drug-likeness (QED) is 0.898. The van der Waals surface area contributed by atoms with E-state index in [4.69, 9.17) is 22.1 Å². The van der Waals surface area contributed by atoms with Crippen molar-refractivity contribution in [3.63, 3.8) is 0 Å². The van der Waals surface area contributed by atoms with Crippen LogP contribution in [0.15, 0.2) is 40.9 Å². The Hall–Kier alpha value is -1.10. The molecule has 0 aliphatic rings. The molecule has 2 nitrogen and oxygen atoms in total. The first-order valence-electron chi connectivity index (χ1n) is 5.65. The Morgan fingerprint density at radius 2 is 1.95 bits per heavy atom. The summed E-state index contributed by atoms with van der Waals surface area (Å²) in [6, 6.07) is 9.85. The second-order valence-corrected chi connectivity index (χ2v) is 5.30. The lowest BCUT2D eigenvalue weighted by molar-refractivity contribution is 0.303. The van der Waals surface area contributed by atoms with Crippen molar-refractivity contribution in [1.29, 1.82) is 0 Å². The molecule has 0 spiro atoms. The summed E-state index contributed by atoms with van der Waals surface area (Å²) in [6.07, 6.45) is 0. The van der Waals surface area contributed by atoms with Gasteiger partial charge in [-0.2, -0.15) is 0 Å². The summed E-state index contributed by atoms with van der Waals surface area (Å²) < 4.78 is 19.6. The summed E-state index contributed by atoms with van der Waals surface area (Å²) >= 11 is 9.32. The van der Waals surface area contributed by atoms with Crippen molar-refractivity contribution in [3.8, 4) is 5.75 Å². The molecule has 5 heteroatoms.